The first-order chi connectivity index (χ1) is 11.2. The van der Waals surface area contributed by atoms with Gasteiger partial charge in [0.25, 0.3) is 0 Å². The summed E-state index contributed by atoms with van der Waals surface area (Å²) in [7, 11) is 0. The van der Waals surface area contributed by atoms with Gasteiger partial charge in [0.2, 0.25) is 0 Å². The summed E-state index contributed by atoms with van der Waals surface area (Å²) >= 11 is 6.15. The van der Waals surface area contributed by atoms with Crippen molar-refractivity contribution in [3.8, 4) is 0 Å². The van der Waals surface area contributed by atoms with E-state index in [9.17, 15) is 0 Å². The molecule has 0 amide bonds. The van der Waals surface area contributed by atoms with E-state index >= 15 is 0 Å². The summed E-state index contributed by atoms with van der Waals surface area (Å²) in [6.07, 6.45) is 6.30. The average Bonchev–Trinajstić information content (AvgIpc) is 2.84. The van der Waals surface area contributed by atoms with Crippen molar-refractivity contribution in [2.24, 2.45) is 0 Å². The van der Waals surface area contributed by atoms with Crippen LogP contribution >= 0.6 is 11.6 Å². The molecule has 0 spiro atoms. The molecule has 0 atom stereocenters. The number of aromatic nitrogens is 2. The van der Waals surface area contributed by atoms with Gasteiger partial charge < -0.3 is 9.47 Å². The Morgan fingerprint density at radius 1 is 1.04 bits per heavy atom. The van der Waals surface area contributed by atoms with Crippen LogP contribution in [-0.4, -0.2) is 34.1 Å². The van der Waals surface area contributed by atoms with Crippen molar-refractivity contribution in [2.75, 3.05) is 19.6 Å². The van der Waals surface area contributed by atoms with Gasteiger partial charge in [0.15, 0.2) is 0 Å². The summed E-state index contributed by atoms with van der Waals surface area (Å²) < 4.78 is 2.30. The molecule has 1 aromatic carbocycles. The zero-order valence-electron chi connectivity index (χ0n) is 14.8. The van der Waals surface area contributed by atoms with Crippen molar-refractivity contribution in [1.29, 1.82) is 0 Å². The fourth-order valence-corrected chi connectivity index (χ4v) is 3.22. The SMILES string of the molecule is CCCCN(CCCC)CCCn1c(C)nc2ccc(Cl)cc21. The van der Waals surface area contributed by atoms with E-state index in [1.807, 2.05) is 18.2 Å². The smallest absolute Gasteiger partial charge is 0.106 e. The van der Waals surface area contributed by atoms with Crippen LogP contribution < -0.4 is 0 Å². The van der Waals surface area contributed by atoms with Crippen LogP contribution in [-0.2, 0) is 6.54 Å². The molecular formula is C19H30ClN3. The van der Waals surface area contributed by atoms with Crippen LogP contribution in [0.5, 0.6) is 0 Å². The molecule has 0 saturated carbocycles. The van der Waals surface area contributed by atoms with Gasteiger partial charge in [0, 0.05) is 11.6 Å². The van der Waals surface area contributed by atoms with E-state index in [1.165, 1.54) is 45.3 Å². The van der Waals surface area contributed by atoms with Crippen LogP contribution in [0, 0.1) is 6.92 Å². The predicted molar refractivity (Wildman–Crippen MR) is 100 cm³/mol. The fourth-order valence-electron chi connectivity index (χ4n) is 3.05. The molecule has 4 heteroatoms. The van der Waals surface area contributed by atoms with Gasteiger partial charge in [-0.05, 0) is 64.0 Å². The summed E-state index contributed by atoms with van der Waals surface area (Å²) in [4.78, 5) is 7.26. The second kappa shape index (κ2) is 9.29. The van der Waals surface area contributed by atoms with E-state index in [-0.39, 0.29) is 0 Å². The number of rotatable bonds is 10. The number of unbranched alkanes of at least 4 members (excludes halogenated alkanes) is 2. The van der Waals surface area contributed by atoms with E-state index in [0.717, 1.165) is 34.8 Å². The third kappa shape index (κ3) is 5.22. The number of imidazole rings is 1. The maximum Gasteiger partial charge on any atom is 0.106 e. The number of benzene rings is 1. The molecule has 0 aliphatic rings. The second-order valence-electron chi connectivity index (χ2n) is 6.35. The van der Waals surface area contributed by atoms with Crippen LogP contribution in [0.2, 0.25) is 5.02 Å². The van der Waals surface area contributed by atoms with Crippen LogP contribution in [0.3, 0.4) is 0 Å². The highest BCUT2D eigenvalue weighted by Crippen LogP contribution is 2.21. The molecule has 128 valence electrons. The van der Waals surface area contributed by atoms with Crippen LogP contribution in [0.25, 0.3) is 11.0 Å². The van der Waals surface area contributed by atoms with Gasteiger partial charge in [-0.25, -0.2) is 4.98 Å². The quantitative estimate of drug-likeness (QED) is 0.588. The van der Waals surface area contributed by atoms with E-state index in [4.69, 9.17) is 11.6 Å². The minimum Gasteiger partial charge on any atom is -0.328 e. The van der Waals surface area contributed by atoms with Gasteiger partial charge in [0.05, 0.1) is 11.0 Å². The van der Waals surface area contributed by atoms with Gasteiger partial charge >= 0.3 is 0 Å². The molecule has 0 radical (unpaired) electrons. The Balaban J connectivity index is 1.96. The highest BCUT2D eigenvalue weighted by Gasteiger charge is 2.09. The third-order valence-corrected chi connectivity index (χ3v) is 4.65. The number of nitrogens with zero attached hydrogens (tertiary/aromatic N) is 3. The van der Waals surface area contributed by atoms with Crippen LogP contribution in [0.4, 0.5) is 0 Å². The largest absolute Gasteiger partial charge is 0.328 e. The van der Waals surface area contributed by atoms with Gasteiger partial charge in [-0.1, -0.05) is 38.3 Å². The van der Waals surface area contributed by atoms with Crippen molar-refractivity contribution in [3.63, 3.8) is 0 Å². The topological polar surface area (TPSA) is 21.1 Å². The van der Waals surface area contributed by atoms with Crippen LogP contribution in [0.1, 0.15) is 51.8 Å². The number of fused-ring (bicyclic) bond motifs is 1. The molecule has 1 aromatic heterocycles. The molecule has 3 nitrogen and oxygen atoms in total. The monoisotopic (exact) mass is 335 g/mol. The first kappa shape index (κ1) is 18.3. The third-order valence-electron chi connectivity index (χ3n) is 4.41. The molecule has 1 heterocycles. The highest BCUT2D eigenvalue weighted by molar-refractivity contribution is 6.31. The Kier molecular flexibility index (Phi) is 7.38. The molecule has 2 rings (SSSR count). The van der Waals surface area contributed by atoms with E-state index in [1.54, 1.807) is 0 Å². The maximum absolute atomic E-state index is 6.15. The van der Waals surface area contributed by atoms with Crippen molar-refractivity contribution in [2.45, 2.75) is 59.4 Å². The summed E-state index contributed by atoms with van der Waals surface area (Å²) in [5.74, 6) is 1.08. The standard InChI is InChI=1S/C19H30ClN3/c1-4-6-11-22(12-7-5-2)13-8-14-23-16(3)21-18-10-9-17(20)15-19(18)23/h9-10,15H,4-8,11-14H2,1-3H3. The summed E-state index contributed by atoms with van der Waals surface area (Å²) in [5.41, 5.74) is 2.20. The van der Waals surface area contributed by atoms with Crippen LogP contribution in [0.15, 0.2) is 18.2 Å². The normalized spacial score (nSPS) is 11.7. The molecule has 0 fully saturated rings. The predicted octanol–water partition coefficient (Wildman–Crippen LogP) is 5.29. The van der Waals surface area contributed by atoms with Gasteiger partial charge in [0.1, 0.15) is 5.82 Å². The lowest BCUT2D eigenvalue weighted by atomic mass is 10.2. The minimum absolute atomic E-state index is 0.783. The molecule has 0 saturated heterocycles. The number of halogens is 1. The number of hydrogen-bond acceptors (Lipinski definition) is 2. The molecule has 0 N–H and O–H groups in total. The molecule has 23 heavy (non-hydrogen) atoms. The summed E-state index contributed by atoms with van der Waals surface area (Å²) in [5, 5.41) is 0.783. The lowest BCUT2D eigenvalue weighted by Gasteiger charge is -2.22. The van der Waals surface area contributed by atoms with Gasteiger partial charge in [-0.3, -0.25) is 0 Å². The minimum atomic E-state index is 0.783. The summed E-state index contributed by atoms with van der Waals surface area (Å²) in [6.45, 7) is 11.3. The molecule has 0 bridgehead atoms. The first-order valence-electron chi connectivity index (χ1n) is 9.00. The molecule has 0 unspecified atom stereocenters. The van der Waals surface area contributed by atoms with Gasteiger partial charge in [-0.15, -0.1) is 0 Å². The van der Waals surface area contributed by atoms with Crippen molar-refractivity contribution >= 4 is 22.6 Å². The Morgan fingerprint density at radius 3 is 2.35 bits per heavy atom. The average molecular weight is 336 g/mol. The summed E-state index contributed by atoms with van der Waals surface area (Å²) in [6, 6.07) is 5.96. The lowest BCUT2D eigenvalue weighted by Crippen LogP contribution is -2.28. The number of hydrogen-bond donors (Lipinski definition) is 0. The fraction of sp³-hybridized carbons (Fsp3) is 0.632. The van der Waals surface area contributed by atoms with Crippen molar-refractivity contribution in [1.82, 2.24) is 14.5 Å². The van der Waals surface area contributed by atoms with Crippen molar-refractivity contribution < 1.29 is 0 Å². The second-order valence-corrected chi connectivity index (χ2v) is 6.78. The highest BCUT2D eigenvalue weighted by atomic mass is 35.5. The number of aryl methyl sites for hydroxylation is 2. The molecule has 2 aromatic rings. The van der Waals surface area contributed by atoms with E-state index in [2.05, 4.69) is 35.2 Å². The first-order valence-corrected chi connectivity index (χ1v) is 9.38. The Hall–Kier alpha value is -1.06. The molecular weight excluding hydrogens is 306 g/mol. The van der Waals surface area contributed by atoms with E-state index < -0.39 is 0 Å². The molecule has 0 aliphatic heterocycles. The lowest BCUT2D eigenvalue weighted by molar-refractivity contribution is 0.257. The van der Waals surface area contributed by atoms with Crippen molar-refractivity contribution in [3.05, 3.63) is 29.0 Å². The molecule has 0 aliphatic carbocycles. The Labute approximate surface area is 145 Å². The Morgan fingerprint density at radius 2 is 1.70 bits per heavy atom. The van der Waals surface area contributed by atoms with E-state index in [0.29, 0.717) is 0 Å². The zero-order valence-corrected chi connectivity index (χ0v) is 15.6. The Bertz CT molecular complexity index is 598. The maximum atomic E-state index is 6.15. The zero-order chi connectivity index (χ0) is 16.7. The van der Waals surface area contributed by atoms with Gasteiger partial charge in [-0.2, -0.15) is 0 Å².